The average Bonchev–Trinajstić information content (AvgIpc) is 3.21. The monoisotopic (exact) mass is 394 g/mol. The van der Waals surface area contributed by atoms with E-state index in [2.05, 4.69) is 22.6 Å². The maximum Gasteiger partial charge on any atom is 0.475 e. The van der Waals surface area contributed by atoms with E-state index in [-0.39, 0.29) is 18.4 Å². The molecule has 1 amide bonds. The van der Waals surface area contributed by atoms with Crippen LogP contribution in [0.4, 0.5) is 0 Å². The molecule has 2 aromatic rings. The van der Waals surface area contributed by atoms with Crippen molar-refractivity contribution < 1.29 is 14.8 Å². The van der Waals surface area contributed by atoms with Crippen molar-refractivity contribution in [3.8, 4) is 0 Å². The molecular formula is C21H27BN4O3. The Labute approximate surface area is 171 Å². The third-order valence-corrected chi connectivity index (χ3v) is 5.04. The molecule has 0 saturated heterocycles. The van der Waals surface area contributed by atoms with Gasteiger partial charge in [0.25, 0.3) is 0 Å². The van der Waals surface area contributed by atoms with Crippen LogP contribution in [0, 0.1) is 0 Å². The molecule has 0 aliphatic carbocycles. The molecule has 0 radical (unpaired) electrons. The molecule has 3 rings (SSSR count). The minimum Gasteiger partial charge on any atom is -0.426 e. The maximum absolute atomic E-state index is 12.3. The van der Waals surface area contributed by atoms with Crippen LogP contribution in [0.3, 0.4) is 0 Å². The number of rotatable bonds is 9. The van der Waals surface area contributed by atoms with Gasteiger partial charge >= 0.3 is 7.12 Å². The molecule has 2 aromatic carbocycles. The number of aryl methyl sites for hydroxylation is 1. The molecule has 0 fully saturated rings. The Hall–Kier alpha value is -2.71. The van der Waals surface area contributed by atoms with E-state index in [1.165, 1.54) is 5.56 Å². The summed E-state index contributed by atoms with van der Waals surface area (Å²) in [6.45, 7) is 3.13. The van der Waals surface area contributed by atoms with Crippen LogP contribution in [0.15, 0.2) is 64.9 Å². The van der Waals surface area contributed by atoms with Crippen LogP contribution in [0.5, 0.6) is 0 Å². The molecule has 1 heterocycles. The number of amides is 1. The summed E-state index contributed by atoms with van der Waals surface area (Å²) < 4.78 is 0. The smallest absolute Gasteiger partial charge is 0.426 e. The van der Waals surface area contributed by atoms with Gasteiger partial charge in [0.05, 0.1) is 12.5 Å². The first-order chi connectivity index (χ1) is 14.0. The number of hydrogen-bond acceptors (Lipinski definition) is 6. The predicted octanol–water partition coefficient (Wildman–Crippen LogP) is 2.10. The Bertz CT molecular complexity index is 832. The zero-order valence-electron chi connectivity index (χ0n) is 16.6. The largest absolute Gasteiger partial charge is 0.475 e. The summed E-state index contributed by atoms with van der Waals surface area (Å²) in [4.78, 5) is 12.3. The molecule has 8 heteroatoms. The number of carbonyl (C=O) groups excluding carboxylic acids is 1. The summed E-state index contributed by atoms with van der Waals surface area (Å²) in [6.07, 6.45) is 1.47. The zero-order valence-corrected chi connectivity index (χ0v) is 16.6. The second kappa shape index (κ2) is 10.2. The normalized spacial score (nSPS) is 16.7. The lowest BCUT2D eigenvalue weighted by molar-refractivity contribution is -0.121. The second-order valence-corrected chi connectivity index (χ2v) is 7.26. The molecule has 0 bridgehead atoms. The van der Waals surface area contributed by atoms with Gasteiger partial charge in [-0.3, -0.25) is 9.80 Å². The minimum atomic E-state index is -1.63. The molecule has 1 aliphatic heterocycles. The van der Waals surface area contributed by atoms with Crippen LogP contribution < -0.4 is 5.32 Å². The van der Waals surface area contributed by atoms with Gasteiger partial charge in [-0.05, 0) is 29.5 Å². The van der Waals surface area contributed by atoms with Crippen LogP contribution in [0.1, 0.15) is 36.1 Å². The average molecular weight is 394 g/mol. The highest BCUT2D eigenvalue weighted by Gasteiger charge is 2.26. The standard InChI is InChI=1S/C21H27BN4O3/c1-2-16-7-6-8-17(13-16)14-20(22(28)29)23-21(27)11-12-26-15-19(24-25-26)18-9-4-3-5-10-18/h3-10,13,19-20,28-29H,2,11-12,14-15H2,1H3,(H,23,27). The van der Waals surface area contributed by atoms with Gasteiger partial charge in [-0.2, -0.15) is 5.11 Å². The summed E-state index contributed by atoms with van der Waals surface area (Å²) in [5.41, 5.74) is 3.23. The van der Waals surface area contributed by atoms with Gasteiger partial charge in [-0.1, -0.05) is 66.7 Å². The first kappa shape index (κ1) is 21.0. The second-order valence-electron chi connectivity index (χ2n) is 7.26. The van der Waals surface area contributed by atoms with Crippen molar-refractivity contribution in [2.45, 2.75) is 38.2 Å². The molecule has 152 valence electrons. The van der Waals surface area contributed by atoms with Crippen LogP contribution in [0.2, 0.25) is 0 Å². The van der Waals surface area contributed by atoms with Crippen LogP contribution in [0.25, 0.3) is 0 Å². The number of nitrogens with zero attached hydrogens (tertiary/aromatic N) is 3. The fraction of sp³-hybridized carbons (Fsp3) is 0.381. The molecule has 0 aromatic heterocycles. The van der Waals surface area contributed by atoms with Crippen molar-refractivity contribution >= 4 is 13.0 Å². The van der Waals surface area contributed by atoms with Gasteiger partial charge in [0.2, 0.25) is 5.91 Å². The van der Waals surface area contributed by atoms with Crippen molar-refractivity contribution in [3.63, 3.8) is 0 Å². The van der Waals surface area contributed by atoms with E-state index in [0.717, 1.165) is 17.5 Å². The van der Waals surface area contributed by atoms with E-state index < -0.39 is 13.1 Å². The summed E-state index contributed by atoms with van der Waals surface area (Å²) in [5.74, 6) is -1.00. The summed E-state index contributed by atoms with van der Waals surface area (Å²) >= 11 is 0. The molecule has 0 spiro atoms. The summed E-state index contributed by atoms with van der Waals surface area (Å²) in [7, 11) is -1.63. The Morgan fingerprint density at radius 1 is 1.21 bits per heavy atom. The first-order valence-corrected chi connectivity index (χ1v) is 9.99. The van der Waals surface area contributed by atoms with E-state index in [0.29, 0.717) is 19.5 Å². The first-order valence-electron chi connectivity index (χ1n) is 9.99. The minimum absolute atomic E-state index is 0.0166. The Morgan fingerprint density at radius 3 is 2.69 bits per heavy atom. The van der Waals surface area contributed by atoms with Crippen molar-refractivity contribution in [1.29, 1.82) is 0 Å². The summed E-state index contributed by atoms with van der Waals surface area (Å²) in [5, 5.41) is 32.3. The van der Waals surface area contributed by atoms with Crippen molar-refractivity contribution in [2.24, 2.45) is 10.3 Å². The SMILES string of the molecule is CCc1cccc(CC(NC(=O)CCN2CC(c3ccccc3)N=N2)B(O)O)c1. The topological polar surface area (TPSA) is 97.5 Å². The Morgan fingerprint density at radius 2 is 1.97 bits per heavy atom. The molecular weight excluding hydrogens is 367 g/mol. The summed E-state index contributed by atoms with van der Waals surface area (Å²) in [6, 6.07) is 17.8. The van der Waals surface area contributed by atoms with Gasteiger partial charge in [0, 0.05) is 13.0 Å². The quantitative estimate of drug-likeness (QED) is 0.568. The lowest BCUT2D eigenvalue weighted by Gasteiger charge is -2.19. The number of nitrogens with one attached hydrogen (secondary N) is 1. The molecule has 2 unspecified atom stereocenters. The third kappa shape index (κ3) is 6.14. The molecule has 7 nitrogen and oxygen atoms in total. The predicted molar refractivity (Wildman–Crippen MR) is 112 cm³/mol. The lowest BCUT2D eigenvalue weighted by Crippen LogP contribution is -2.48. The van der Waals surface area contributed by atoms with Crippen LogP contribution in [-0.2, 0) is 17.6 Å². The van der Waals surface area contributed by atoms with Crippen molar-refractivity contribution in [2.75, 3.05) is 13.1 Å². The van der Waals surface area contributed by atoms with E-state index in [1.807, 2.05) is 54.6 Å². The molecule has 0 saturated carbocycles. The lowest BCUT2D eigenvalue weighted by atomic mass is 9.75. The zero-order chi connectivity index (χ0) is 20.6. The number of hydrogen-bond donors (Lipinski definition) is 3. The van der Waals surface area contributed by atoms with E-state index >= 15 is 0 Å². The van der Waals surface area contributed by atoms with Crippen molar-refractivity contribution in [1.82, 2.24) is 10.3 Å². The third-order valence-electron chi connectivity index (χ3n) is 5.04. The fourth-order valence-electron chi connectivity index (χ4n) is 3.36. The highest BCUT2D eigenvalue weighted by atomic mass is 16.4. The van der Waals surface area contributed by atoms with E-state index in [9.17, 15) is 14.8 Å². The molecule has 3 N–H and O–H groups in total. The van der Waals surface area contributed by atoms with Gasteiger partial charge in [-0.15, -0.1) is 0 Å². The Balaban J connectivity index is 1.47. The highest BCUT2D eigenvalue weighted by Crippen LogP contribution is 2.24. The van der Waals surface area contributed by atoms with E-state index in [4.69, 9.17) is 0 Å². The van der Waals surface area contributed by atoms with Crippen molar-refractivity contribution in [3.05, 3.63) is 71.3 Å². The molecule has 2 atom stereocenters. The van der Waals surface area contributed by atoms with Crippen LogP contribution >= 0.6 is 0 Å². The van der Waals surface area contributed by atoms with Gasteiger partial charge in [0.15, 0.2) is 0 Å². The van der Waals surface area contributed by atoms with E-state index in [1.54, 1.807) is 5.01 Å². The highest BCUT2D eigenvalue weighted by molar-refractivity contribution is 6.43. The maximum atomic E-state index is 12.3. The van der Waals surface area contributed by atoms with Crippen LogP contribution in [-0.4, -0.2) is 47.1 Å². The van der Waals surface area contributed by atoms with Gasteiger partial charge < -0.3 is 15.4 Å². The number of benzene rings is 2. The molecule has 1 aliphatic rings. The van der Waals surface area contributed by atoms with Gasteiger partial charge in [-0.25, -0.2) is 0 Å². The molecule has 29 heavy (non-hydrogen) atoms. The van der Waals surface area contributed by atoms with Gasteiger partial charge in [0.1, 0.15) is 6.04 Å². The number of carbonyl (C=O) groups is 1. The Kier molecular flexibility index (Phi) is 7.38. The fourth-order valence-corrected chi connectivity index (χ4v) is 3.36.